The van der Waals surface area contributed by atoms with Gasteiger partial charge in [0.25, 0.3) is 0 Å². The lowest BCUT2D eigenvalue weighted by atomic mass is 9.87. The minimum absolute atomic E-state index is 0.147. The summed E-state index contributed by atoms with van der Waals surface area (Å²) in [6, 6.07) is 7.40. The van der Waals surface area contributed by atoms with Gasteiger partial charge in [-0.1, -0.05) is 32.9 Å². The Morgan fingerprint density at radius 2 is 1.58 bits per heavy atom. The Labute approximate surface area is 72.7 Å². The number of benzene rings is 1. The van der Waals surface area contributed by atoms with Crippen LogP contribution >= 0.6 is 0 Å². The maximum atomic E-state index is 8.33. The molecule has 2 nitrogen and oxygen atoms in total. The number of rotatable bonds is 1. The van der Waals surface area contributed by atoms with Gasteiger partial charge >= 0.3 is 0 Å². The zero-order valence-corrected chi connectivity index (χ0v) is 7.66. The Bertz CT molecular complexity index is 244. The van der Waals surface area contributed by atoms with E-state index in [-0.39, 0.29) is 5.41 Å². The average Bonchev–Trinajstić information content (AvgIpc) is 2.03. The molecule has 0 amide bonds. The zero-order chi connectivity index (χ0) is 9.19. The highest BCUT2D eigenvalue weighted by atomic mass is 17.1. The largest absolute Gasteiger partial charge is 0.340 e. The monoisotopic (exact) mass is 166 g/mol. The molecular formula is C10H14O2. The Morgan fingerprint density at radius 3 is 1.92 bits per heavy atom. The Balaban J connectivity index is 2.93. The average molecular weight is 166 g/mol. The van der Waals surface area contributed by atoms with Gasteiger partial charge in [-0.3, -0.25) is 0 Å². The molecule has 0 heterocycles. The summed E-state index contributed by atoms with van der Waals surface area (Å²) in [5.41, 5.74) is 1.37. The fourth-order valence-corrected chi connectivity index (χ4v) is 1.02. The highest BCUT2D eigenvalue weighted by Crippen LogP contribution is 2.23. The summed E-state index contributed by atoms with van der Waals surface area (Å²) < 4.78 is 0. The molecule has 0 atom stereocenters. The molecule has 1 rings (SSSR count). The smallest absolute Gasteiger partial charge is 0.165 e. The first kappa shape index (κ1) is 9.07. The van der Waals surface area contributed by atoms with E-state index in [0.717, 1.165) is 0 Å². The zero-order valence-electron chi connectivity index (χ0n) is 7.66. The molecule has 0 radical (unpaired) electrons. The van der Waals surface area contributed by atoms with Gasteiger partial charge in [0, 0.05) is 0 Å². The van der Waals surface area contributed by atoms with Crippen molar-refractivity contribution in [2.45, 2.75) is 26.2 Å². The van der Waals surface area contributed by atoms with E-state index in [1.54, 1.807) is 12.1 Å². The molecule has 12 heavy (non-hydrogen) atoms. The second kappa shape index (κ2) is 3.15. The van der Waals surface area contributed by atoms with Crippen molar-refractivity contribution >= 4 is 0 Å². The second-order valence-electron chi connectivity index (χ2n) is 3.87. The predicted octanol–water partition coefficient (Wildman–Crippen LogP) is 2.84. The summed E-state index contributed by atoms with van der Waals surface area (Å²) in [6.45, 7) is 6.42. The summed E-state index contributed by atoms with van der Waals surface area (Å²) in [7, 11) is 0. The van der Waals surface area contributed by atoms with Gasteiger partial charge in [-0.15, -0.1) is 0 Å². The van der Waals surface area contributed by atoms with Crippen LogP contribution in [0, 0.1) is 0 Å². The Morgan fingerprint density at radius 1 is 1.08 bits per heavy atom. The number of hydrogen-bond donors (Lipinski definition) is 1. The van der Waals surface area contributed by atoms with Crippen molar-refractivity contribution in [1.82, 2.24) is 0 Å². The van der Waals surface area contributed by atoms with Gasteiger partial charge in [0.05, 0.1) is 0 Å². The van der Waals surface area contributed by atoms with Gasteiger partial charge in [0.1, 0.15) is 0 Å². The molecule has 0 aliphatic rings. The van der Waals surface area contributed by atoms with Crippen molar-refractivity contribution in [1.29, 1.82) is 0 Å². The van der Waals surface area contributed by atoms with Crippen molar-refractivity contribution in [3.05, 3.63) is 29.8 Å². The van der Waals surface area contributed by atoms with Crippen LogP contribution in [0.25, 0.3) is 0 Å². The lowest BCUT2D eigenvalue weighted by molar-refractivity contribution is -0.137. The van der Waals surface area contributed by atoms with Gasteiger partial charge in [0.15, 0.2) is 5.75 Å². The van der Waals surface area contributed by atoms with E-state index >= 15 is 0 Å². The van der Waals surface area contributed by atoms with Gasteiger partial charge in [-0.2, -0.15) is 0 Å². The lowest BCUT2D eigenvalue weighted by Crippen LogP contribution is -2.10. The van der Waals surface area contributed by atoms with Crippen molar-refractivity contribution in [3.63, 3.8) is 0 Å². The molecule has 66 valence electrons. The summed E-state index contributed by atoms with van der Waals surface area (Å²) in [5.74, 6) is 0.475. The molecule has 1 aromatic rings. The fraction of sp³-hybridized carbons (Fsp3) is 0.400. The van der Waals surface area contributed by atoms with E-state index in [1.807, 2.05) is 12.1 Å². The normalized spacial score (nSPS) is 11.3. The first-order valence-electron chi connectivity index (χ1n) is 3.96. The van der Waals surface area contributed by atoms with Crippen molar-refractivity contribution < 1.29 is 10.1 Å². The van der Waals surface area contributed by atoms with Gasteiger partial charge in [-0.05, 0) is 23.1 Å². The lowest BCUT2D eigenvalue weighted by Gasteiger charge is -2.18. The highest BCUT2D eigenvalue weighted by Gasteiger charge is 2.12. The molecule has 0 saturated carbocycles. The van der Waals surface area contributed by atoms with E-state index in [9.17, 15) is 0 Å². The van der Waals surface area contributed by atoms with Crippen LogP contribution in [0.2, 0.25) is 0 Å². The number of hydrogen-bond acceptors (Lipinski definition) is 2. The van der Waals surface area contributed by atoms with Gasteiger partial charge < -0.3 is 4.89 Å². The third-order valence-electron chi connectivity index (χ3n) is 1.83. The van der Waals surface area contributed by atoms with Gasteiger partial charge in [0.2, 0.25) is 0 Å². The summed E-state index contributed by atoms with van der Waals surface area (Å²) in [6.07, 6.45) is 0. The molecule has 0 spiro atoms. The van der Waals surface area contributed by atoms with Crippen LogP contribution in [0.5, 0.6) is 5.75 Å². The Kier molecular flexibility index (Phi) is 2.38. The van der Waals surface area contributed by atoms with Crippen LogP contribution < -0.4 is 4.89 Å². The molecule has 0 bridgehead atoms. The van der Waals surface area contributed by atoms with E-state index in [1.165, 1.54) is 5.56 Å². The van der Waals surface area contributed by atoms with E-state index < -0.39 is 0 Å². The molecule has 0 aliphatic heterocycles. The van der Waals surface area contributed by atoms with Crippen LogP contribution in [0.3, 0.4) is 0 Å². The maximum Gasteiger partial charge on any atom is 0.165 e. The third kappa shape index (κ3) is 1.98. The molecule has 1 aromatic carbocycles. The maximum absolute atomic E-state index is 8.33. The van der Waals surface area contributed by atoms with E-state index in [4.69, 9.17) is 5.26 Å². The molecule has 1 N–H and O–H groups in total. The molecule has 2 heteroatoms. The van der Waals surface area contributed by atoms with Crippen molar-refractivity contribution in [3.8, 4) is 5.75 Å². The quantitative estimate of drug-likeness (QED) is 0.513. The minimum Gasteiger partial charge on any atom is -0.340 e. The third-order valence-corrected chi connectivity index (χ3v) is 1.83. The minimum atomic E-state index is 0.147. The molecule has 0 unspecified atom stereocenters. The SMILES string of the molecule is CC(C)(C)c1ccc(OO)cc1. The van der Waals surface area contributed by atoms with E-state index in [0.29, 0.717) is 5.75 Å². The first-order chi connectivity index (χ1) is 5.54. The molecule has 0 aromatic heterocycles. The molecular weight excluding hydrogens is 152 g/mol. The molecule has 0 saturated heterocycles. The van der Waals surface area contributed by atoms with Crippen molar-refractivity contribution in [2.75, 3.05) is 0 Å². The van der Waals surface area contributed by atoms with Gasteiger partial charge in [-0.25, -0.2) is 5.26 Å². The van der Waals surface area contributed by atoms with Crippen LogP contribution in [0.4, 0.5) is 0 Å². The summed E-state index contributed by atoms with van der Waals surface area (Å²) >= 11 is 0. The van der Waals surface area contributed by atoms with Crippen LogP contribution in [0.15, 0.2) is 24.3 Å². The Hall–Kier alpha value is -1.02. The first-order valence-corrected chi connectivity index (χ1v) is 3.96. The van der Waals surface area contributed by atoms with Crippen LogP contribution in [-0.2, 0) is 5.41 Å². The van der Waals surface area contributed by atoms with Crippen molar-refractivity contribution in [2.24, 2.45) is 0 Å². The predicted molar refractivity (Wildman–Crippen MR) is 48.4 cm³/mol. The summed E-state index contributed by atoms with van der Waals surface area (Å²) in [4.78, 5) is 4.08. The standard InChI is InChI=1S/C10H14O2/c1-10(2,3)8-4-6-9(12-11)7-5-8/h4-7,11H,1-3H3. The summed E-state index contributed by atoms with van der Waals surface area (Å²) in [5, 5.41) is 8.33. The van der Waals surface area contributed by atoms with E-state index in [2.05, 4.69) is 25.7 Å². The fourth-order valence-electron chi connectivity index (χ4n) is 1.02. The topological polar surface area (TPSA) is 29.5 Å². The molecule has 0 aliphatic carbocycles. The van der Waals surface area contributed by atoms with Crippen LogP contribution in [0.1, 0.15) is 26.3 Å². The van der Waals surface area contributed by atoms with Crippen LogP contribution in [-0.4, -0.2) is 5.26 Å². The highest BCUT2D eigenvalue weighted by molar-refractivity contribution is 5.30. The molecule has 0 fully saturated rings. The second-order valence-corrected chi connectivity index (χ2v) is 3.87.